The Bertz CT molecular complexity index is 271. The molecule has 0 N–H and O–H groups in total. The molecule has 1 nitrogen and oxygen atoms in total. The summed E-state index contributed by atoms with van der Waals surface area (Å²) >= 11 is 0. The van der Waals surface area contributed by atoms with Gasteiger partial charge in [0, 0.05) is 5.71 Å². The van der Waals surface area contributed by atoms with Crippen molar-refractivity contribution >= 4 is 5.71 Å². The molecule has 1 atom stereocenters. The first kappa shape index (κ1) is 11.5. The molecular formula is C13H23N. The second-order valence-electron chi connectivity index (χ2n) is 5.23. The van der Waals surface area contributed by atoms with Crippen LogP contribution in [-0.2, 0) is 0 Å². The summed E-state index contributed by atoms with van der Waals surface area (Å²) in [6.07, 6.45) is 3.47. The van der Waals surface area contributed by atoms with Crippen molar-refractivity contribution in [2.75, 3.05) is 0 Å². The van der Waals surface area contributed by atoms with Crippen LogP contribution in [0.2, 0.25) is 0 Å². The molecule has 1 rings (SSSR count). The number of dihydropyridines is 1. The minimum atomic E-state index is 0.127. The first-order valence-corrected chi connectivity index (χ1v) is 5.63. The van der Waals surface area contributed by atoms with Gasteiger partial charge in [0.05, 0.1) is 5.54 Å². The molecule has 1 unspecified atom stereocenters. The fourth-order valence-corrected chi connectivity index (χ4v) is 1.98. The number of nitrogens with zero attached hydrogens (tertiary/aromatic N) is 1. The topological polar surface area (TPSA) is 12.4 Å². The van der Waals surface area contributed by atoms with E-state index in [2.05, 4.69) is 47.6 Å². The van der Waals surface area contributed by atoms with Gasteiger partial charge >= 0.3 is 0 Å². The third-order valence-electron chi connectivity index (χ3n) is 3.44. The highest BCUT2D eigenvalue weighted by molar-refractivity contribution is 5.99. The van der Waals surface area contributed by atoms with Crippen LogP contribution in [0.1, 0.15) is 48.0 Å². The molecule has 0 radical (unpaired) electrons. The van der Waals surface area contributed by atoms with Crippen LogP contribution in [-0.4, -0.2) is 11.3 Å². The molecule has 14 heavy (non-hydrogen) atoms. The molecule has 0 aromatic carbocycles. The maximum absolute atomic E-state index is 4.86. The van der Waals surface area contributed by atoms with Crippen molar-refractivity contribution in [2.24, 2.45) is 16.8 Å². The Morgan fingerprint density at radius 2 is 1.86 bits per heavy atom. The van der Waals surface area contributed by atoms with E-state index in [1.165, 1.54) is 11.3 Å². The summed E-state index contributed by atoms with van der Waals surface area (Å²) in [5, 5.41) is 0. The van der Waals surface area contributed by atoms with Gasteiger partial charge in [-0.3, -0.25) is 4.99 Å². The van der Waals surface area contributed by atoms with E-state index in [0.717, 1.165) is 6.42 Å². The van der Waals surface area contributed by atoms with Crippen molar-refractivity contribution in [3.05, 3.63) is 11.6 Å². The standard InChI is InChI=1S/C13H23N/c1-9(2)12-7-8-13(6,10(3)4)14-11(12)5/h7,9-10H,8H2,1-6H3. The van der Waals surface area contributed by atoms with Crippen molar-refractivity contribution in [2.45, 2.75) is 53.5 Å². The van der Waals surface area contributed by atoms with Crippen molar-refractivity contribution in [3.63, 3.8) is 0 Å². The lowest BCUT2D eigenvalue weighted by Crippen LogP contribution is -2.33. The van der Waals surface area contributed by atoms with Gasteiger partial charge in [-0.1, -0.05) is 33.8 Å². The van der Waals surface area contributed by atoms with Gasteiger partial charge < -0.3 is 0 Å². The van der Waals surface area contributed by atoms with Gasteiger partial charge in [0.25, 0.3) is 0 Å². The Labute approximate surface area is 88.3 Å². The lowest BCUT2D eigenvalue weighted by atomic mass is 9.81. The lowest BCUT2D eigenvalue weighted by molar-refractivity contribution is 0.342. The van der Waals surface area contributed by atoms with Crippen LogP contribution in [0.15, 0.2) is 16.6 Å². The van der Waals surface area contributed by atoms with Crippen LogP contribution in [0.4, 0.5) is 0 Å². The molecule has 1 aliphatic heterocycles. The fourth-order valence-electron chi connectivity index (χ4n) is 1.98. The highest BCUT2D eigenvalue weighted by Crippen LogP contribution is 2.32. The number of rotatable bonds is 2. The summed E-state index contributed by atoms with van der Waals surface area (Å²) in [4.78, 5) is 4.86. The van der Waals surface area contributed by atoms with Gasteiger partial charge in [0.1, 0.15) is 0 Å². The second-order valence-corrected chi connectivity index (χ2v) is 5.23. The SMILES string of the molecule is CC1=NC(C)(C(C)C)CC=C1C(C)C. The molecule has 0 spiro atoms. The smallest absolute Gasteiger partial charge is 0.0640 e. The Kier molecular flexibility index (Phi) is 3.18. The normalized spacial score (nSPS) is 28.0. The van der Waals surface area contributed by atoms with Crippen molar-refractivity contribution in [1.29, 1.82) is 0 Å². The summed E-state index contributed by atoms with van der Waals surface area (Å²) in [5.41, 5.74) is 2.80. The lowest BCUT2D eigenvalue weighted by Gasteiger charge is -2.34. The molecule has 0 bridgehead atoms. The van der Waals surface area contributed by atoms with Gasteiger partial charge in [0.15, 0.2) is 0 Å². The van der Waals surface area contributed by atoms with E-state index in [0.29, 0.717) is 11.8 Å². The van der Waals surface area contributed by atoms with Gasteiger partial charge in [-0.05, 0) is 37.7 Å². The fraction of sp³-hybridized carbons (Fsp3) is 0.769. The maximum atomic E-state index is 4.86. The minimum absolute atomic E-state index is 0.127. The van der Waals surface area contributed by atoms with Crippen LogP contribution in [0.25, 0.3) is 0 Å². The summed E-state index contributed by atoms with van der Waals surface area (Å²) < 4.78 is 0. The molecular weight excluding hydrogens is 170 g/mol. The number of hydrogen-bond donors (Lipinski definition) is 0. The van der Waals surface area contributed by atoms with E-state index >= 15 is 0 Å². The van der Waals surface area contributed by atoms with E-state index in [1.54, 1.807) is 0 Å². The van der Waals surface area contributed by atoms with Crippen LogP contribution in [0, 0.1) is 11.8 Å². The van der Waals surface area contributed by atoms with E-state index < -0.39 is 0 Å². The predicted molar refractivity (Wildman–Crippen MR) is 63.9 cm³/mol. The first-order chi connectivity index (χ1) is 6.37. The summed E-state index contributed by atoms with van der Waals surface area (Å²) in [7, 11) is 0. The molecule has 0 fully saturated rings. The third-order valence-corrected chi connectivity index (χ3v) is 3.44. The molecule has 0 aromatic heterocycles. The average Bonchev–Trinajstić information content (AvgIpc) is 2.02. The van der Waals surface area contributed by atoms with Crippen LogP contribution < -0.4 is 0 Å². The number of allylic oxidation sites excluding steroid dienone is 1. The maximum Gasteiger partial charge on any atom is 0.0640 e. The molecule has 1 heterocycles. The second kappa shape index (κ2) is 3.88. The highest BCUT2D eigenvalue weighted by Gasteiger charge is 2.30. The molecule has 0 amide bonds. The van der Waals surface area contributed by atoms with Crippen molar-refractivity contribution in [3.8, 4) is 0 Å². The average molecular weight is 193 g/mol. The monoisotopic (exact) mass is 193 g/mol. The zero-order chi connectivity index (χ0) is 10.9. The van der Waals surface area contributed by atoms with E-state index in [4.69, 9.17) is 4.99 Å². The molecule has 0 saturated heterocycles. The zero-order valence-corrected chi connectivity index (χ0v) is 10.4. The molecule has 80 valence electrons. The summed E-state index contributed by atoms with van der Waals surface area (Å²) in [6, 6.07) is 0. The number of hydrogen-bond acceptors (Lipinski definition) is 1. The van der Waals surface area contributed by atoms with Gasteiger partial charge in [-0.2, -0.15) is 0 Å². The highest BCUT2D eigenvalue weighted by atomic mass is 14.9. The van der Waals surface area contributed by atoms with Gasteiger partial charge in [-0.15, -0.1) is 0 Å². The van der Waals surface area contributed by atoms with Crippen LogP contribution in [0.5, 0.6) is 0 Å². The summed E-state index contributed by atoms with van der Waals surface area (Å²) in [6.45, 7) is 13.4. The Morgan fingerprint density at radius 3 is 2.21 bits per heavy atom. The molecule has 0 saturated carbocycles. The van der Waals surface area contributed by atoms with E-state index in [9.17, 15) is 0 Å². The minimum Gasteiger partial charge on any atom is -0.283 e. The quantitative estimate of drug-likeness (QED) is 0.631. The number of aliphatic imine (C=N–C) groups is 1. The first-order valence-electron chi connectivity index (χ1n) is 5.63. The Hall–Kier alpha value is -0.590. The van der Waals surface area contributed by atoms with E-state index in [1.807, 2.05) is 0 Å². The molecule has 0 aliphatic carbocycles. The molecule has 1 aliphatic rings. The largest absolute Gasteiger partial charge is 0.283 e. The van der Waals surface area contributed by atoms with E-state index in [-0.39, 0.29) is 5.54 Å². The Balaban J connectivity index is 2.92. The van der Waals surface area contributed by atoms with Crippen molar-refractivity contribution in [1.82, 2.24) is 0 Å². The predicted octanol–water partition coefficient (Wildman–Crippen LogP) is 3.85. The molecule has 1 heteroatoms. The van der Waals surface area contributed by atoms with Gasteiger partial charge in [0.2, 0.25) is 0 Å². The Morgan fingerprint density at radius 1 is 1.29 bits per heavy atom. The van der Waals surface area contributed by atoms with Crippen molar-refractivity contribution < 1.29 is 0 Å². The molecule has 0 aromatic rings. The third kappa shape index (κ3) is 2.08. The summed E-state index contributed by atoms with van der Waals surface area (Å²) in [5.74, 6) is 1.22. The van der Waals surface area contributed by atoms with Crippen LogP contribution in [0.3, 0.4) is 0 Å². The van der Waals surface area contributed by atoms with Crippen LogP contribution >= 0.6 is 0 Å². The zero-order valence-electron chi connectivity index (χ0n) is 10.4. The van der Waals surface area contributed by atoms with Gasteiger partial charge in [-0.25, -0.2) is 0 Å².